The summed E-state index contributed by atoms with van der Waals surface area (Å²) < 4.78 is 28.0. The van der Waals surface area contributed by atoms with E-state index in [1.807, 2.05) is 160 Å². The molecule has 19 rings (SSSR count). The van der Waals surface area contributed by atoms with Crippen LogP contribution in [0.15, 0.2) is 103 Å². The molecular weight excluding hydrogens is 1730 g/mol. The number of fused-ring (bicyclic) bond motifs is 23. The number of hydrogen-bond donors (Lipinski definition) is 2. The lowest BCUT2D eigenvalue weighted by atomic mass is 9.95. The van der Waals surface area contributed by atoms with Gasteiger partial charge in [-0.25, -0.2) is 29.9 Å². The van der Waals surface area contributed by atoms with Crippen LogP contribution in [-0.4, -0.2) is 59.7 Å². The van der Waals surface area contributed by atoms with E-state index in [2.05, 4.69) is 199 Å². The normalized spacial score (nSPS) is 15.5. The lowest BCUT2D eigenvalue weighted by molar-refractivity contribution is 0.232. The van der Waals surface area contributed by atoms with Crippen molar-refractivity contribution in [2.75, 3.05) is 19.8 Å². The Kier molecular flexibility index (Phi) is 34.8. The molecule has 0 atom stereocenters. The van der Waals surface area contributed by atoms with Crippen LogP contribution in [0.4, 0.5) is 0 Å². The maximum absolute atomic E-state index is 7.14. The van der Waals surface area contributed by atoms with Crippen molar-refractivity contribution in [3.05, 3.63) is 332 Å². The summed E-state index contributed by atoms with van der Waals surface area (Å²) in [7, 11) is 0. The Labute approximate surface area is 840 Å². The fraction of sp³-hybridized carbons (Fsp3) is 0.287. The Balaban J connectivity index is 0.762. The fourth-order valence-corrected chi connectivity index (χ4v) is 19.0. The number of nitrogens with zero attached hydrogens (tertiary/aromatic N) is 6. The van der Waals surface area contributed by atoms with Crippen molar-refractivity contribution < 1.29 is 18.9 Å². The first-order chi connectivity index (χ1) is 69.7. The zero-order valence-electron chi connectivity index (χ0n) is 81.5. The van der Waals surface area contributed by atoms with Crippen molar-refractivity contribution in [3.8, 4) is 140 Å². The van der Waals surface area contributed by atoms with Gasteiger partial charge in [-0.15, -0.1) is 0 Å². The topological polar surface area (TPSA) is 146 Å². The van der Waals surface area contributed by atoms with Gasteiger partial charge in [0.15, 0.2) is 34.8 Å². The van der Waals surface area contributed by atoms with Crippen molar-refractivity contribution in [3.63, 3.8) is 0 Å². The van der Waals surface area contributed by atoms with Crippen LogP contribution in [0.25, 0.3) is 122 Å². The first-order valence-electron chi connectivity index (χ1n) is 51.7. The van der Waals surface area contributed by atoms with E-state index in [9.17, 15) is 0 Å². The van der Waals surface area contributed by atoms with Gasteiger partial charge in [0.05, 0.1) is 55.3 Å². The zero-order chi connectivity index (χ0) is 95.5. The standard InChI is InChI=1S/C129H120N8O4/c1-4-7-10-13-16-19-22-25-28-43-72-138-119-75-97(76-120(139-73-44-29-26-23-20-17-14-11-8-5-2)121(119)140-74-45-30-27-24-21-18-15-12-9-6-3)90-141-110-70-71-111-118(89-110)129-131-122(111)130-123-112-83-104-77-98(64-58-91-46-31-32-47-91)99(65-59-92-48-33-34-49-92)78-105(104)84-113(112)124(132-123)133-125-114-85-106-79-100(66-60-93-50-35-36-51-93)101(67-61-94-52-37-38-53-94)80-107(106)86-115(114)126(134-125)135-127-116-87-108-81-102(68-62-95-54-39-40-55-95)103(69-63-96-56-41-42-57-96)82-109(108)88-117(116)128(136-127)137-129/h31-42,46-57,70-71,75-89H,4-30,43-45,72-74,90H2,1-3H3,(H2,130,131,132,133,134,135,136,137). The van der Waals surface area contributed by atoms with Crippen LogP contribution in [0.5, 0.6) is 23.0 Å². The predicted molar refractivity (Wildman–Crippen MR) is 575 cm³/mol. The molecule has 3 aromatic heterocycles. The SMILES string of the molecule is CCCCCCCCCCCCOc1cc(COc2ccc3c4nc5nc(nc6[nH]c(nc7nc(nc([nH]4)c3c2)-c2cc3cc(C#C[C]4[CH][CH][CH][CH]4)c(C#C[C]4[CH][CH][CH][CH]4)cc3cc2-7)c2cc3cc(C#C[C]4[CH][CH][CH][CH]4)c(C#C[C]4[CH][CH][CH][CH]4)cc3cc62)-c2cc3cc(C#C[C]4[CH][CH][CH][CH]4)c(C#C[C]4[CH][CH][CH][CH]4)cc3cc2-5)cc(OCCCCCCCCCCCC)c1OCCCCCCCCCCCC. The number of hydrogen-bond acceptors (Lipinski definition) is 10. The molecule has 700 valence electrons. The Hall–Kier alpha value is -11.5. The van der Waals surface area contributed by atoms with Crippen LogP contribution >= 0.6 is 0 Å². The van der Waals surface area contributed by atoms with Gasteiger partial charge in [-0.2, -0.15) is 0 Å². The largest absolute Gasteiger partial charge is 0.490 e. The van der Waals surface area contributed by atoms with Crippen molar-refractivity contribution in [2.45, 2.75) is 220 Å². The first kappa shape index (κ1) is 98.2. The van der Waals surface area contributed by atoms with E-state index in [0.29, 0.717) is 88.7 Å². The molecule has 6 aliphatic carbocycles. The van der Waals surface area contributed by atoms with Gasteiger partial charge in [0, 0.05) is 77.2 Å². The molecule has 6 fully saturated rings. The number of benzene rings is 8. The summed E-state index contributed by atoms with van der Waals surface area (Å²) in [4.78, 5) is 41.7. The summed E-state index contributed by atoms with van der Waals surface area (Å²) in [5.74, 6) is 51.6. The molecule has 12 nitrogen and oxygen atoms in total. The number of aromatic amines is 2. The molecule has 0 amide bonds. The number of H-pyrrole nitrogens is 2. The van der Waals surface area contributed by atoms with Gasteiger partial charge in [0.1, 0.15) is 34.9 Å². The first-order valence-corrected chi connectivity index (χ1v) is 51.7. The van der Waals surface area contributed by atoms with E-state index >= 15 is 0 Å². The van der Waals surface area contributed by atoms with E-state index in [1.165, 1.54) is 154 Å². The summed E-state index contributed by atoms with van der Waals surface area (Å²) in [6.45, 7) is 8.77. The number of nitrogens with one attached hydrogen (secondary N) is 2. The van der Waals surface area contributed by atoms with Gasteiger partial charge in [-0.05, 0) is 314 Å². The van der Waals surface area contributed by atoms with Gasteiger partial charge in [-0.1, -0.05) is 265 Å². The monoisotopic (exact) mass is 1840 g/mol. The van der Waals surface area contributed by atoms with E-state index in [4.69, 9.17) is 48.9 Å². The number of unbranched alkanes of at least 4 members (excludes halogenated alkanes) is 27. The molecular formula is C129H120N8O4. The summed E-state index contributed by atoms with van der Waals surface area (Å²) in [5.41, 5.74) is 10.7. The van der Waals surface area contributed by atoms with Crippen LogP contribution in [-0.2, 0) is 6.61 Å². The minimum atomic E-state index is 0.196. The predicted octanol–water partition coefficient (Wildman–Crippen LogP) is 29.3. The Bertz CT molecular complexity index is 6770. The average molecular weight is 1850 g/mol. The molecule has 8 bridgehead atoms. The van der Waals surface area contributed by atoms with Crippen LogP contribution in [0.3, 0.4) is 0 Å². The zero-order valence-corrected chi connectivity index (χ0v) is 81.5. The minimum absolute atomic E-state index is 0.196. The molecule has 0 spiro atoms. The lowest BCUT2D eigenvalue weighted by Gasteiger charge is -2.19. The van der Waals surface area contributed by atoms with E-state index < -0.39 is 0 Å². The Morgan fingerprint density at radius 1 is 0.227 bits per heavy atom. The molecule has 2 N–H and O–H groups in total. The quantitative estimate of drug-likeness (QED) is 0.0282. The number of rotatable bonds is 39. The maximum Gasteiger partial charge on any atom is 0.203 e. The number of ether oxygens (including phenoxy) is 4. The van der Waals surface area contributed by atoms with Gasteiger partial charge < -0.3 is 28.9 Å². The molecule has 0 saturated heterocycles. The summed E-state index contributed by atoms with van der Waals surface area (Å²) in [6.07, 6.45) is 85.4. The molecule has 0 unspecified atom stereocenters. The third-order valence-electron chi connectivity index (χ3n) is 26.8. The van der Waals surface area contributed by atoms with Crippen LogP contribution in [0.2, 0.25) is 0 Å². The highest BCUT2D eigenvalue weighted by Gasteiger charge is 2.29. The van der Waals surface area contributed by atoms with Crippen molar-refractivity contribution in [1.29, 1.82) is 0 Å². The molecule has 8 aliphatic rings. The molecule has 30 radical (unpaired) electrons. The molecule has 5 heterocycles. The lowest BCUT2D eigenvalue weighted by Crippen LogP contribution is -2.08. The number of aromatic nitrogens is 8. The molecule has 8 aromatic carbocycles. The molecule has 2 aliphatic heterocycles. The van der Waals surface area contributed by atoms with E-state index in [1.54, 1.807) is 0 Å². The Morgan fingerprint density at radius 3 is 0.759 bits per heavy atom. The molecule has 12 heteroatoms. The van der Waals surface area contributed by atoms with Gasteiger partial charge in [0.25, 0.3) is 0 Å². The average Bonchev–Trinajstić information content (AvgIpc) is 1.58. The van der Waals surface area contributed by atoms with Crippen molar-refractivity contribution in [2.24, 2.45) is 0 Å². The van der Waals surface area contributed by atoms with Crippen molar-refractivity contribution >= 4 is 76.5 Å². The highest BCUT2D eigenvalue weighted by molar-refractivity contribution is 6.13. The smallest absolute Gasteiger partial charge is 0.203 e. The molecule has 11 aromatic rings. The van der Waals surface area contributed by atoms with Gasteiger partial charge >= 0.3 is 0 Å². The van der Waals surface area contributed by atoms with E-state index in [-0.39, 0.29) is 6.61 Å². The third-order valence-corrected chi connectivity index (χ3v) is 26.8. The minimum Gasteiger partial charge on any atom is -0.490 e. The van der Waals surface area contributed by atoms with Crippen LogP contribution in [0, 0.1) is 261 Å². The van der Waals surface area contributed by atoms with Gasteiger partial charge in [0.2, 0.25) is 5.75 Å². The van der Waals surface area contributed by atoms with Crippen LogP contribution in [0.1, 0.15) is 252 Å². The molecule has 141 heavy (non-hydrogen) atoms. The highest BCUT2D eigenvalue weighted by atomic mass is 16.5. The summed E-state index contributed by atoms with van der Waals surface area (Å²) >= 11 is 0. The highest BCUT2D eigenvalue weighted by Crippen LogP contribution is 2.46. The molecule has 6 saturated carbocycles. The fourth-order valence-electron chi connectivity index (χ4n) is 19.0. The second-order valence-electron chi connectivity index (χ2n) is 37.6. The van der Waals surface area contributed by atoms with Crippen molar-refractivity contribution in [1.82, 2.24) is 39.9 Å². The Morgan fingerprint density at radius 2 is 0.475 bits per heavy atom. The second-order valence-corrected chi connectivity index (χ2v) is 37.6. The summed E-state index contributed by atoms with van der Waals surface area (Å²) in [5, 5.41) is 8.62. The van der Waals surface area contributed by atoms with E-state index in [0.717, 1.165) is 189 Å². The maximum atomic E-state index is 7.14. The summed E-state index contributed by atoms with van der Waals surface area (Å²) in [6, 6.07) is 36.2. The van der Waals surface area contributed by atoms with Crippen LogP contribution < -0.4 is 18.9 Å². The van der Waals surface area contributed by atoms with Gasteiger partial charge in [-0.3, -0.25) is 0 Å². The third kappa shape index (κ3) is 25.9. The second kappa shape index (κ2) is 49.9.